The maximum absolute atomic E-state index is 12.8. The second-order valence-corrected chi connectivity index (χ2v) is 7.23. The van der Waals surface area contributed by atoms with Crippen LogP contribution < -0.4 is 4.90 Å². The van der Waals surface area contributed by atoms with Gasteiger partial charge in [-0.1, -0.05) is 0 Å². The Balaban J connectivity index is 1.46. The van der Waals surface area contributed by atoms with Gasteiger partial charge in [-0.05, 0) is 30.7 Å². The molecule has 120 valence electrons. The molecule has 0 N–H and O–H groups in total. The van der Waals surface area contributed by atoms with E-state index in [1.807, 2.05) is 15.2 Å². The van der Waals surface area contributed by atoms with Crippen molar-refractivity contribution in [1.82, 2.24) is 9.80 Å². The Morgan fingerprint density at radius 1 is 1.17 bits per heavy atom. The summed E-state index contributed by atoms with van der Waals surface area (Å²) < 4.78 is 0. The summed E-state index contributed by atoms with van der Waals surface area (Å²) in [6.45, 7) is 2.46. The number of piperazine rings is 1. The highest BCUT2D eigenvalue weighted by molar-refractivity contribution is 7.14. The summed E-state index contributed by atoms with van der Waals surface area (Å²) in [6.07, 6.45) is 2.96. The molecule has 1 aliphatic carbocycles. The van der Waals surface area contributed by atoms with Crippen LogP contribution in [0.4, 0.5) is 5.00 Å². The highest BCUT2D eigenvalue weighted by Gasteiger charge is 2.42. The molecule has 6 nitrogen and oxygen atoms in total. The average molecular weight is 330 g/mol. The van der Waals surface area contributed by atoms with E-state index in [1.54, 1.807) is 11.0 Å². The van der Waals surface area contributed by atoms with Crippen LogP contribution in [0.1, 0.15) is 24.8 Å². The van der Waals surface area contributed by atoms with Crippen molar-refractivity contribution < 1.29 is 9.59 Å². The number of nitrogens with zero attached hydrogens (tertiary/aromatic N) is 4. The summed E-state index contributed by atoms with van der Waals surface area (Å²) in [6, 6.07) is 4.11. The zero-order chi connectivity index (χ0) is 16.0. The van der Waals surface area contributed by atoms with Gasteiger partial charge in [0.2, 0.25) is 11.8 Å². The maximum atomic E-state index is 12.8. The van der Waals surface area contributed by atoms with Crippen LogP contribution in [0.2, 0.25) is 0 Å². The molecule has 1 aromatic rings. The van der Waals surface area contributed by atoms with E-state index >= 15 is 0 Å². The Hall–Kier alpha value is -1.91. The summed E-state index contributed by atoms with van der Waals surface area (Å²) >= 11 is 1.43. The number of hydrogen-bond donors (Lipinski definition) is 0. The van der Waals surface area contributed by atoms with Crippen molar-refractivity contribution >= 4 is 28.2 Å². The van der Waals surface area contributed by atoms with E-state index < -0.39 is 0 Å². The van der Waals surface area contributed by atoms with Crippen LogP contribution in [0.5, 0.6) is 0 Å². The van der Waals surface area contributed by atoms with Crippen molar-refractivity contribution in [2.75, 3.05) is 31.1 Å². The van der Waals surface area contributed by atoms with E-state index in [-0.39, 0.29) is 17.9 Å². The van der Waals surface area contributed by atoms with Crippen molar-refractivity contribution in [3.05, 3.63) is 17.0 Å². The molecule has 0 radical (unpaired) electrons. The van der Waals surface area contributed by atoms with Crippen LogP contribution in [-0.4, -0.2) is 59.9 Å². The van der Waals surface area contributed by atoms with Crippen LogP contribution in [0, 0.1) is 11.3 Å². The first-order valence-corrected chi connectivity index (χ1v) is 8.89. The van der Waals surface area contributed by atoms with Crippen molar-refractivity contribution in [2.24, 2.45) is 0 Å². The van der Waals surface area contributed by atoms with Gasteiger partial charge in [-0.15, -0.1) is 11.3 Å². The minimum Gasteiger partial charge on any atom is -0.337 e. The van der Waals surface area contributed by atoms with E-state index in [1.165, 1.54) is 11.3 Å². The van der Waals surface area contributed by atoms with E-state index in [4.69, 9.17) is 5.26 Å². The predicted molar refractivity (Wildman–Crippen MR) is 86.1 cm³/mol. The molecule has 3 aliphatic rings. The van der Waals surface area contributed by atoms with Gasteiger partial charge >= 0.3 is 0 Å². The molecule has 1 saturated carbocycles. The van der Waals surface area contributed by atoms with Crippen LogP contribution >= 0.6 is 11.3 Å². The first-order valence-electron chi connectivity index (χ1n) is 8.01. The van der Waals surface area contributed by atoms with E-state index in [0.29, 0.717) is 24.7 Å². The van der Waals surface area contributed by atoms with E-state index in [9.17, 15) is 9.59 Å². The fraction of sp³-hybridized carbons (Fsp3) is 0.562. The smallest absolute Gasteiger partial charge is 0.245 e. The SMILES string of the molecule is N#Cc1ccsc1N1CCC(N2CCN(C3CC3)C(=O)C2)C1=O. The van der Waals surface area contributed by atoms with E-state index in [0.717, 1.165) is 37.4 Å². The predicted octanol–water partition coefficient (Wildman–Crippen LogP) is 1.03. The molecule has 7 heteroatoms. The second-order valence-electron chi connectivity index (χ2n) is 6.33. The molecule has 1 aromatic heterocycles. The number of nitriles is 1. The average Bonchev–Trinajstić information content (AvgIpc) is 3.15. The third-order valence-electron chi connectivity index (χ3n) is 4.90. The number of carbonyl (C=O) groups excluding carboxylic acids is 2. The number of thiophene rings is 1. The van der Waals surface area contributed by atoms with Gasteiger partial charge < -0.3 is 9.80 Å². The number of anilines is 1. The molecule has 1 atom stereocenters. The minimum atomic E-state index is -0.228. The normalized spacial score (nSPS) is 26.0. The Labute approximate surface area is 138 Å². The summed E-state index contributed by atoms with van der Waals surface area (Å²) in [5.41, 5.74) is 0.554. The lowest BCUT2D eigenvalue weighted by molar-refractivity contribution is -0.139. The third-order valence-corrected chi connectivity index (χ3v) is 5.84. The molecule has 2 amide bonds. The van der Waals surface area contributed by atoms with Gasteiger partial charge in [0.1, 0.15) is 11.1 Å². The summed E-state index contributed by atoms with van der Waals surface area (Å²) in [5, 5.41) is 11.7. The summed E-state index contributed by atoms with van der Waals surface area (Å²) in [4.78, 5) is 30.7. The molecule has 3 heterocycles. The van der Waals surface area contributed by atoms with Gasteiger partial charge in [-0.25, -0.2) is 0 Å². The van der Waals surface area contributed by atoms with Crippen molar-refractivity contribution in [3.63, 3.8) is 0 Å². The second kappa shape index (κ2) is 5.62. The van der Waals surface area contributed by atoms with Crippen LogP contribution in [0.15, 0.2) is 11.4 Å². The van der Waals surface area contributed by atoms with Crippen molar-refractivity contribution in [1.29, 1.82) is 5.26 Å². The Morgan fingerprint density at radius 3 is 2.70 bits per heavy atom. The summed E-state index contributed by atoms with van der Waals surface area (Å²) in [7, 11) is 0. The first kappa shape index (κ1) is 14.7. The molecule has 4 rings (SSSR count). The van der Waals surface area contributed by atoms with Gasteiger partial charge in [0, 0.05) is 25.7 Å². The highest BCUT2D eigenvalue weighted by atomic mass is 32.1. The zero-order valence-corrected chi connectivity index (χ0v) is 13.6. The fourth-order valence-corrected chi connectivity index (χ4v) is 4.43. The summed E-state index contributed by atoms with van der Waals surface area (Å²) in [5.74, 6) is 0.176. The standard InChI is InChI=1S/C16H18N4O2S/c17-9-11-4-8-23-16(11)20-5-3-13(15(20)22)18-6-7-19(12-1-2-12)14(21)10-18/h4,8,12-13H,1-3,5-7,10H2. The molecule has 0 bridgehead atoms. The molecule has 2 saturated heterocycles. The lowest BCUT2D eigenvalue weighted by Crippen LogP contribution is -2.55. The lowest BCUT2D eigenvalue weighted by atomic mass is 10.1. The van der Waals surface area contributed by atoms with E-state index in [2.05, 4.69) is 6.07 Å². The highest BCUT2D eigenvalue weighted by Crippen LogP contribution is 2.33. The third kappa shape index (κ3) is 2.52. The molecular weight excluding hydrogens is 312 g/mol. The largest absolute Gasteiger partial charge is 0.337 e. The molecule has 0 aromatic carbocycles. The lowest BCUT2D eigenvalue weighted by Gasteiger charge is -2.36. The Kier molecular flexibility index (Phi) is 3.58. The van der Waals surface area contributed by atoms with Crippen molar-refractivity contribution in [3.8, 4) is 6.07 Å². The fourth-order valence-electron chi connectivity index (χ4n) is 3.54. The molecule has 3 fully saturated rings. The van der Waals surface area contributed by atoms with Gasteiger partial charge in [-0.2, -0.15) is 5.26 Å². The molecule has 1 unspecified atom stereocenters. The number of carbonyl (C=O) groups is 2. The van der Waals surface area contributed by atoms with Gasteiger partial charge in [0.15, 0.2) is 0 Å². The first-order chi connectivity index (χ1) is 11.2. The number of amides is 2. The Morgan fingerprint density at radius 2 is 2.00 bits per heavy atom. The number of rotatable bonds is 3. The minimum absolute atomic E-state index is 0.0246. The quantitative estimate of drug-likeness (QED) is 0.830. The van der Waals surface area contributed by atoms with Crippen molar-refractivity contribution in [2.45, 2.75) is 31.3 Å². The molecular formula is C16H18N4O2S. The van der Waals surface area contributed by atoms with Gasteiger partial charge in [0.05, 0.1) is 18.2 Å². The van der Waals surface area contributed by atoms with Gasteiger partial charge in [0.25, 0.3) is 0 Å². The number of hydrogen-bond acceptors (Lipinski definition) is 5. The van der Waals surface area contributed by atoms with Crippen LogP contribution in [0.3, 0.4) is 0 Å². The van der Waals surface area contributed by atoms with Gasteiger partial charge in [-0.3, -0.25) is 14.5 Å². The Bertz CT molecular complexity index is 690. The van der Waals surface area contributed by atoms with Crippen LogP contribution in [-0.2, 0) is 9.59 Å². The maximum Gasteiger partial charge on any atom is 0.245 e. The molecule has 2 aliphatic heterocycles. The molecule has 23 heavy (non-hydrogen) atoms. The topological polar surface area (TPSA) is 67.7 Å². The zero-order valence-electron chi connectivity index (χ0n) is 12.8. The van der Waals surface area contributed by atoms with Crippen LogP contribution in [0.25, 0.3) is 0 Å². The monoisotopic (exact) mass is 330 g/mol. The molecule has 0 spiro atoms.